The van der Waals surface area contributed by atoms with Crippen LogP contribution in [0.25, 0.3) is 0 Å². The summed E-state index contributed by atoms with van der Waals surface area (Å²) in [5, 5.41) is 9.18. The highest BCUT2D eigenvalue weighted by Gasteiger charge is 2.40. The van der Waals surface area contributed by atoms with Gasteiger partial charge in [0.25, 0.3) is 6.08 Å². The summed E-state index contributed by atoms with van der Waals surface area (Å²) in [5.74, 6) is 0. The van der Waals surface area contributed by atoms with Gasteiger partial charge in [-0.15, -0.1) is 0 Å². The van der Waals surface area contributed by atoms with Crippen LogP contribution in [0.2, 0.25) is 0 Å². The summed E-state index contributed by atoms with van der Waals surface area (Å²) in [7, 11) is 1.77. The van der Waals surface area contributed by atoms with Crippen molar-refractivity contribution in [1.29, 1.82) is 0 Å². The molecule has 0 aliphatic carbocycles. The molecule has 0 aromatic heterocycles. The molecule has 0 saturated carbocycles. The van der Waals surface area contributed by atoms with Gasteiger partial charge < -0.3 is 5.11 Å². The Morgan fingerprint density at radius 2 is 2.23 bits per heavy atom. The van der Waals surface area contributed by atoms with Gasteiger partial charge in [0.2, 0.25) is 0 Å². The highest BCUT2D eigenvalue weighted by Crippen LogP contribution is 2.35. The molecule has 4 heteroatoms. The van der Waals surface area contributed by atoms with E-state index in [9.17, 15) is 13.9 Å². The Morgan fingerprint density at radius 1 is 1.62 bits per heavy atom. The van der Waals surface area contributed by atoms with E-state index in [1.54, 1.807) is 7.05 Å². The summed E-state index contributed by atoms with van der Waals surface area (Å²) in [5.41, 5.74) is -0.294. The van der Waals surface area contributed by atoms with Gasteiger partial charge in [0, 0.05) is 17.7 Å². The Bertz CT molecular complexity index is 220. The molecule has 0 aromatic carbocycles. The fourth-order valence-electron chi connectivity index (χ4n) is 1.85. The molecular formula is C9H15F2NO. The molecule has 1 N–H and O–H groups in total. The van der Waals surface area contributed by atoms with E-state index in [2.05, 4.69) is 0 Å². The van der Waals surface area contributed by atoms with Crippen LogP contribution in [-0.4, -0.2) is 35.7 Å². The Morgan fingerprint density at radius 3 is 2.46 bits per heavy atom. The third kappa shape index (κ3) is 1.74. The zero-order valence-electron chi connectivity index (χ0n) is 7.98. The molecule has 1 saturated heterocycles. The monoisotopic (exact) mass is 191 g/mol. The topological polar surface area (TPSA) is 23.5 Å². The molecule has 76 valence electrons. The molecular weight excluding hydrogens is 176 g/mol. The third-order valence-corrected chi connectivity index (χ3v) is 3.00. The lowest BCUT2D eigenvalue weighted by atomic mass is 9.93. The van der Waals surface area contributed by atoms with Gasteiger partial charge in [-0.05, 0) is 19.9 Å². The maximum atomic E-state index is 12.3. The lowest BCUT2D eigenvalue weighted by Gasteiger charge is -2.32. The molecule has 0 spiro atoms. The van der Waals surface area contributed by atoms with E-state index in [-0.39, 0.29) is 18.7 Å². The number of likely N-dealkylation sites (N-methyl/N-ethyl adjacent to an activating group) is 1. The van der Waals surface area contributed by atoms with E-state index in [4.69, 9.17) is 0 Å². The van der Waals surface area contributed by atoms with E-state index >= 15 is 0 Å². The molecule has 13 heavy (non-hydrogen) atoms. The lowest BCUT2D eigenvalue weighted by Crippen LogP contribution is -2.43. The van der Waals surface area contributed by atoms with Gasteiger partial charge in [0.05, 0.1) is 6.61 Å². The Balaban J connectivity index is 2.87. The molecule has 1 atom stereocenters. The number of hydrogen-bond donors (Lipinski definition) is 1. The fourth-order valence-corrected chi connectivity index (χ4v) is 1.85. The van der Waals surface area contributed by atoms with Crippen LogP contribution in [0.5, 0.6) is 0 Å². The normalized spacial score (nSPS) is 29.8. The summed E-state index contributed by atoms with van der Waals surface area (Å²) >= 11 is 0. The van der Waals surface area contributed by atoms with Crippen LogP contribution in [0.3, 0.4) is 0 Å². The summed E-state index contributed by atoms with van der Waals surface area (Å²) in [6.07, 6.45) is -0.606. The number of aliphatic hydroxyl groups excluding tert-OH is 1. The molecule has 0 amide bonds. The van der Waals surface area contributed by atoms with Crippen LogP contribution in [0, 0.1) is 0 Å². The van der Waals surface area contributed by atoms with Crippen molar-refractivity contribution in [1.82, 2.24) is 4.90 Å². The van der Waals surface area contributed by atoms with Crippen molar-refractivity contribution < 1.29 is 13.9 Å². The Labute approximate surface area is 76.8 Å². The second kappa shape index (κ2) is 3.72. The van der Waals surface area contributed by atoms with Crippen molar-refractivity contribution in [2.24, 2.45) is 0 Å². The smallest absolute Gasteiger partial charge is 0.270 e. The molecule has 2 nitrogen and oxygen atoms in total. The maximum absolute atomic E-state index is 12.3. The van der Waals surface area contributed by atoms with Crippen molar-refractivity contribution in [2.45, 2.75) is 25.3 Å². The average Bonchev–Trinajstić information content (AvgIpc) is 2.44. The number of nitrogens with zero attached hydrogens (tertiary/aromatic N) is 1. The first-order valence-electron chi connectivity index (χ1n) is 4.41. The van der Waals surface area contributed by atoms with Crippen molar-refractivity contribution in [3.05, 3.63) is 11.7 Å². The van der Waals surface area contributed by atoms with Crippen molar-refractivity contribution in [3.63, 3.8) is 0 Å². The second-order valence-electron chi connectivity index (χ2n) is 3.63. The van der Waals surface area contributed by atoms with E-state index in [0.29, 0.717) is 12.8 Å². The Kier molecular flexibility index (Phi) is 3.03. The number of aliphatic hydroxyl groups is 1. The second-order valence-corrected chi connectivity index (χ2v) is 3.63. The van der Waals surface area contributed by atoms with Crippen LogP contribution in [0.4, 0.5) is 8.78 Å². The van der Waals surface area contributed by atoms with Crippen molar-refractivity contribution in [2.75, 3.05) is 20.2 Å². The van der Waals surface area contributed by atoms with Gasteiger partial charge in [0.15, 0.2) is 0 Å². The van der Waals surface area contributed by atoms with Crippen LogP contribution in [0.15, 0.2) is 11.7 Å². The molecule has 0 bridgehead atoms. The van der Waals surface area contributed by atoms with Crippen LogP contribution < -0.4 is 0 Å². The standard InChI is InChI=1S/C9H15F2NO/c1-3-9(6-13)4-7(8(10)11)5-12(9)2/h13H,3-6H2,1-2H3/t9-/m0/s1. The first-order chi connectivity index (χ1) is 6.05. The number of halogens is 2. The van der Waals surface area contributed by atoms with E-state index < -0.39 is 11.6 Å². The summed E-state index contributed by atoms with van der Waals surface area (Å²) in [6.45, 7) is 2.12. The third-order valence-electron chi connectivity index (χ3n) is 3.00. The van der Waals surface area contributed by atoms with Gasteiger partial charge in [-0.3, -0.25) is 4.90 Å². The maximum Gasteiger partial charge on any atom is 0.270 e. The largest absolute Gasteiger partial charge is 0.394 e. The first-order valence-corrected chi connectivity index (χ1v) is 4.41. The lowest BCUT2D eigenvalue weighted by molar-refractivity contribution is 0.0805. The fraction of sp³-hybridized carbons (Fsp3) is 0.778. The average molecular weight is 191 g/mol. The van der Waals surface area contributed by atoms with Crippen molar-refractivity contribution >= 4 is 0 Å². The summed E-state index contributed by atoms with van der Waals surface area (Å²) in [6, 6.07) is 0. The van der Waals surface area contributed by atoms with Gasteiger partial charge >= 0.3 is 0 Å². The number of hydrogen-bond acceptors (Lipinski definition) is 2. The van der Waals surface area contributed by atoms with Crippen molar-refractivity contribution in [3.8, 4) is 0 Å². The van der Waals surface area contributed by atoms with Gasteiger partial charge in [-0.1, -0.05) is 6.92 Å². The zero-order valence-corrected chi connectivity index (χ0v) is 7.98. The molecule has 1 aliphatic heterocycles. The predicted octanol–water partition coefficient (Wildman–Crippen LogP) is 1.61. The van der Waals surface area contributed by atoms with Crippen LogP contribution >= 0.6 is 0 Å². The quantitative estimate of drug-likeness (QED) is 0.716. The molecule has 1 heterocycles. The molecule has 0 radical (unpaired) electrons. The molecule has 1 aliphatic rings. The minimum absolute atomic E-state index is 0.0588. The molecule has 0 aromatic rings. The number of likely N-dealkylation sites (tertiary alicyclic amines) is 1. The van der Waals surface area contributed by atoms with E-state index in [1.807, 2.05) is 11.8 Å². The summed E-state index contributed by atoms with van der Waals surface area (Å²) in [4.78, 5) is 1.81. The van der Waals surface area contributed by atoms with Gasteiger partial charge in [-0.2, -0.15) is 8.78 Å². The SMILES string of the molecule is CC[C@@]1(CO)CC(=C(F)F)CN1C. The predicted molar refractivity (Wildman–Crippen MR) is 46.6 cm³/mol. The Hall–Kier alpha value is -0.480. The highest BCUT2D eigenvalue weighted by atomic mass is 19.3. The first kappa shape index (κ1) is 10.6. The minimum atomic E-state index is -1.59. The number of rotatable bonds is 2. The van der Waals surface area contributed by atoms with Crippen LogP contribution in [-0.2, 0) is 0 Å². The molecule has 1 rings (SSSR count). The molecule has 0 unspecified atom stereocenters. The van der Waals surface area contributed by atoms with E-state index in [0.717, 1.165) is 0 Å². The molecule has 1 fully saturated rings. The minimum Gasteiger partial charge on any atom is -0.394 e. The summed E-state index contributed by atoms with van der Waals surface area (Å²) < 4.78 is 24.6. The van der Waals surface area contributed by atoms with Gasteiger partial charge in [0.1, 0.15) is 0 Å². The van der Waals surface area contributed by atoms with Crippen LogP contribution in [0.1, 0.15) is 19.8 Å². The van der Waals surface area contributed by atoms with E-state index in [1.165, 1.54) is 0 Å². The zero-order chi connectivity index (χ0) is 10.1. The van der Waals surface area contributed by atoms with Gasteiger partial charge in [-0.25, -0.2) is 0 Å². The highest BCUT2D eigenvalue weighted by molar-refractivity contribution is 5.18.